The van der Waals surface area contributed by atoms with Crippen molar-refractivity contribution in [1.29, 1.82) is 0 Å². The Balaban J connectivity index is 1.39. The number of rotatable bonds is 7. The Hall–Kier alpha value is -3.10. The van der Waals surface area contributed by atoms with Crippen LogP contribution in [0.3, 0.4) is 0 Å². The van der Waals surface area contributed by atoms with Crippen molar-refractivity contribution in [2.75, 3.05) is 16.9 Å². The van der Waals surface area contributed by atoms with Gasteiger partial charge in [-0.2, -0.15) is 0 Å². The Bertz CT molecular complexity index is 1180. The number of amides is 2. The predicted molar refractivity (Wildman–Crippen MR) is 129 cm³/mol. The minimum atomic E-state index is -0.547. The first-order valence-corrected chi connectivity index (χ1v) is 11.4. The zero-order chi connectivity index (χ0) is 23.4. The SMILES string of the molecule is O=C(NNc1cc(Br)ccc1OCc1ccccc1Cl)[C@H]1CC(=O)N(c2ccc(F)cc2)C1. The Kier molecular flexibility index (Phi) is 7.15. The summed E-state index contributed by atoms with van der Waals surface area (Å²) in [5.74, 6) is -0.924. The zero-order valence-corrected chi connectivity index (χ0v) is 19.7. The number of nitrogens with one attached hydrogen (secondary N) is 2. The van der Waals surface area contributed by atoms with E-state index in [-0.39, 0.29) is 37.2 Å². The van der Waals surface area contributed by atoms with Crippen LogP contribution < -0.4 is 20.5 Å². The van der Waals surface area contributed by atoms with Crippen LogP contribution in [0, 0.1) is 11.7 Å². The van der Waals surface area contributed by atoms with Gasteiger partial charge in [-0.15, -0.1) is 0 Å². The van der Waals surface area contributed by atoms with Gasteiger partial charge in [0.25, 0.3) is 0 Å². The number of hydrogen-bond donors (Lipinski definition) is 2. The van der Waals surface area contributed by atoms with E-state index >= 15 is 0 Å². The van der Waals surface area contributed by atoms with E-state index in [0.29, 0.717) is 22.1 Å². The minimum Gasteiger partial charge on any atom is -0.487 e. The Morgan fingerprint density at radius 2 is 1.91 bits per heavy atom. The quantitative estimate of drug-likeness (QED) is 0.404. The third kappa shape index (κ3) is 5.64. The van der Waals surface area contributed by atoms with Crippen LogP contribution in [0.1, 0.15) is 12.0 Å². The van der Waals surface area contributed by atoms with Crippen molar-refractivity contribution in [1.82, 2.24) is 5.43 Å². The first kappa shape index (κ1) is 23.1. The van der Waals surface area contributed by atoms with Gasteiger partial charge in [0.15, 0.2) is 0 Å². The van der Waals surface area contributed by atoms with E-state index in [1.807, 2.05) is 24.3 Å². The number of anilines is 2. The van der Waals surface area contributed by atoms with Crippen molar-refractivity contribution in [3.63, 3.8) is 0 Å². The van der Waals surface area contributed by atoms with Crippen LogP contribution in [0.5, 0.6) is 5.75 Å². The zero-order valence-electron chi connectivity index (χ0n) is 17.4. The molecule has 1 fully saturated rings. The van der Waals surface area contributed by atoms with Gasteiger partial charge < -0.3 is 9.64 Å². The summed E-state index contributed by atoms with van der Waals surface area (Å²) in [6.45, 7) is 0.472. The molecule has 3 aromatic rings. The molecule has 1 heterocycles. The van der Waals surface area contributed by atoms with Crippen molar-refractivity contribution < 1.29 is 18.7 Å². The lowest BCUT2D eigenvalue weighted by Crippen LogP contribution is -2.36. The van der Waals surface area contributed by atoms with Crippen molar-refractivity contribution in [2.45, 2.75) is 13.0 Å². The summed E-state index contributed by atoms with van der Waals surface area (Å²) in [5, 5.41) is 0.606. The number of benzene rings is 3. The van der Waals surface area contributed by atoms with Gasteiger partial charge in [0.1, 0.15) is 18.2 Å². The van der Waals surface area contributed by atoms with Gasteiger partial charge in [-0.05, 0) is 48.5 Å². The van der Waals surface area contributed by atoms with E-state index in [1.165, 1.54) is 29.2 Å². The number of hydrazine groups is 1. The van der Waals surface area contributed by atoms with E-state index < -0.39 is 5.92 Å². The van der Waals surface area contributed by atoms with Gasteiger partial charge in [-0.1, -0.05) is 45.7 Å². The fourth-order valence-corrected chi connectivity index (χ4v) is 4.03. The lowest BCUT2D eigenvalue weighted by Gasteiger charge is -2.18. The van der Waals surface area contributed by atoms with Crippen LogP contribution in [0.4, 0.5) is 15.8 Å². The molecular weight excluding hydrogens is 513 g/mol. The lowest BCUT2D eigenvalue weighted by atomic mass is 10.1. The molecule has 9 heteroatoms. The summed E-state index contributed by atoms with van der Waals surface area (Å²) < 4.78 is 19.9. The lowest BCUT2D eigenvalue weighted by molar-refractivity contribution is -0.125. The van der Waals surface area contributed by atoms with E-state index in [4.69, 9.17) is 16.3 Å². The maximum absolute atomic E-state index is 13.2. The second kappa shape index (κ2) is 10.2. The summed E-state index contributed by atoms with van der Waals surface area (Å²) >= 11 is 9.61. The van der Waals surface area contributed by atoms with Crippen molar-refractivity contribution in [3.05, 3.63) is 87.6 Å². The standard InChI is InChI=1S/C24H20BrClFN3O3/c25-17-5-10-22(33-14-15-3-1-2-4-20(15)26)21(12-17)28-29-24(32)16-11-23(31)30(13-16)19-8-6-18(27)7-9-19/h1-10,12,16,28H,11,13-14H2,(H,29,32)/t16-/m0/s1. The molecule has 0 saturated carbocycles. The largest absolute Gasteiger partial charge is 0.487 e. The number of nitrogens with zero attached hydrogens (tertiary/aromatic N) is 1. The average molecular weight is 533 g/mol. The minimum absolute atomic E-state index is 0.0687. The first-order valence-electron chi connectivity index (χ1n) is 10.2. The van der Waals surface area contributed by atoms with Gasteiger partial charge in [0.2, 0.25) is 11.8 Å². The second-order valence-electron chi connectivity index (χ2n) is 7.52. The summed E-state index contributed by atoms with van der Waals surface area (Å²) in [6.07, 6.45) is 0.0687. The molecule has 1 saturated heterocycles. The third-order valence-electron chi connectivity index (χ3n) is 5.24. The highest BCUT2D eigenvalue weighted by molar-refractivity contribution is 9.10. The van der Waals surface area contributed by atoms with Gasteiger partial charge in [0.05, 0.1) is 11.6 Å². The molecule has 1 atom stereocenters. The number of ether oxygens (including phenoxy) is 1. The number of carbonyl (C=O) groups excluding carboxylic acids is 2. The smallest absolute Gasteiger partial charge is 0.243 e. The Morgan fingerprint density at radius 3 is 2.67 bits per heavy atom. The number of hydrogen-bond acceptors (Lipinski definition) is 4. The molecule has 2 N–H and O–H groups in total. The van der Waals surface area contributed by atoms with Crippen molar-refractivity contribution in [2.24, 2.45) is 5.92 Å². The van der Waals surface area contributed by atoms with Crippen LogP contribution in [-0.2, 0) is 16.2 Å². The van der Waals surface area contributed by atoms with E-state index in [0.717, 1.165) is 10.0 Å². The highest BCUT2D eigenvalue weighted by Crippen LogP contribution is 2.30. The van der Waals surface area contributed by atoms with Crippen LogP contribution in [0.2, 0.25) is 5.02 Å². The fraction of sp³-hybridized carbons (Fsp3) is 0.167. The van der Waals surface area contributed by atoms with E-state index in [1.54, 1.807) is 18.2 Å². The molecule has 1 aliphatic rings. The number of halogens is 3. The molecule has 2 amide bonds. The molecule has 6 nitrogen and oxygen atoms in total. The van der Waals surface area contributed by atoms with Gasteiger partial charge in [-0.3, -0.25) is 20.4 Å². The second-order valence-corrected chi connectivity index (χ2v) is 8.84. The van der Waals surface area contributed by atoms with Crippen LogP contribution >= 0.6 is 27.5 Å². The molecule has 0 aliphatic carbocycles. The Labute approximate surface area is 203 Å². The van der Waals surface area contributed by atoms with Crippen LogP contribution in [-0.4, -0.2) is 18.4 Å². The molecule has 0 radical (unpaired) electrons. The molecule has 0 unspecified atom stereocenters. The first-order chi connectivity index (χ1) is 15.9. The molecule has 33 heavy (non-hydrogen) atoms. The summed E-state index contributed by atoms with van der Waals surface area (Å²) in [6, 6.07) is 18.4. The van der Waals surface area contributed by atoms with E-state index in [9.17, 15) is 14.0 Å². The summed E-state index contributed by atoms with van der Waals surface area (Å²) in [7, 11) is 0. The van der Waals surface area contributed by atoms with Gasteiger partial charge >= 0.3 is 0 Å². The summed E-state index contributed by atoms with van der Waals surface area (Å²) in [4.78, 5) is 26.6. The summed E-state index contributed by atoms with van der Waals surface area (Å²) in [5.41, 5.74) is 7.50. The molecule has 0 aromatic heterocycles. The topological polar surface area (TPSA) is 70.7 Å². The maximum atomic E-state index is 13.2. The van der Waals surface area contributed by atoms with E-state index in [2.05, 4.69) is 26.8 Å². The predicted octanol–water partition coefficient (Wildman–Crippen LogP) is 5.32. The third-order valence-corrected chi connectivity index (χ3v) is 6.10. The Morgan fingerprint density at radius 1 is 1.15 bits per heavy atom. The molecule has 0 spiro atoms. The molecule has 3 aromatic carbocycles. The van der Waals surface area contributed by atoms with Crippen molar-refractivity contribution >= 4 is 50.7 Å². The number of carbonyl (C=O) groups is 2. The normalized spacial score (nSPS) is 15.4. The van der Waals surface area contributed by atoms with Gasteiger partial charge in [0, 0.05) is 33.7 Å². The molecule has 170 valence electrons. The average Bonchev–Trinajstić information content (AvgIpc) is 3.20. The fourth-order valence-electron chi connectivity index (χ4n) is 3.48. The van der Waals surface area contributed by atoms with Crippen LogP contribution in [0.15, 0.2) is 71.2 Å². The molecular formula is C24H20BrClFN3O3. The van der Waals surface area contributed by atoms with Crippen molar-refractivity contribution in [3.8, 4) is 5.75 Å². The van der Waals surface area contributed by atoms with Crippen LogP contribution in [0.25, 0.3) is 0 Å². The highest BCUT2D eigenvalue weighted by Gasteiger charge is 2.35. The van der Waals surface area contributed by atoms with Gasteiger partial charge in [-0.25, -0.2) is 4.39 Å². The maximum Gasteiger partial charge on any atom is 0.243 e. The molecule has 4 rings (SSSR count). The highest BCUT2D eigenvalue weighted by atomic mass is 79.9. The monoisotopic (exact) mass is 531 g/mol. The molecule has 0 bridgehead atoms. The molecule has 1 aliphatic heterocycles.